The van der Waals surface area contributed by atoms with Crippen molar-refractivity contribution in [2.24, 2.45) is 5.92 Å². The van der Waals surface area contributed by atoms with Crippen molar-refractivity contribution in [3.05, 3.63) is 24.3 Å². The fraction of sp³-hybridized carbons (Fsp3) is 0.650. The van der Waals surface area contributed by atoms with E-state index in [-0.39, 0.29) is 5.91 Å². The van der Waals surface area contributed by atoms with Gasteiger partial charge in [0.05, 0.1) is 6.61 Å². The van der Waals surface area contributed by atoms with Crippen LogP contribution in [-0.2, 0) is 9.53 Å². The molecule has 1 amide bonds. The lowest BCUT2D eigenvalue weighted by Gasteiger charge is -2.28. The maximum atomic E-state index is 12.7. The lowest BCUT2D eigenvalue weighted by atomic mass is 9.96. The standard InChI is InChI=1S/C20H33NO3/c1-6-8-9-14-20(5,24-7-2)19(22)21-17-10-12-18(13-11-17)23-15-16(3)4/h10-13,16H,6-9,14-15H2,1-5H3,(H,21,22)/t20-/m0/s1. The number of benzene rings is 1. The van der Waals surface area contributed by atoms with Crippen molar-refractivity contribution >= 4 is 11.6 Å². The molecule has 136 valence electrons. The summed E-state index contributed by atoms with van der Waals surface area (Å²) < 4.78 is 11.4. The maximum absolute atomic E-state index is 12.7. The number of amides is 1. The predicted octanol–water partition coefficient (Wildman–Crippen LogP) is 5.04. The Hall–Kier alpha value is -1.55. The molecule has 0 aliphatic rings. The second-order valence-electron chi connectivity index (χ2n) is 6.80. The first-order valence-corrected chi connectivity index (χ1v) is 9.09. The van der Waals surface area contributed by atoms with Crippen LogP contribution < -0.4 is 10.1 Å². The molecule has 0 saturated carbocycles. The van der Waals surface area contributed by atoms with E-state index < -0.39 is 5.60 Å². The Morgan fingerprint density at radius 3 is 2.38 bits per heavy atom. The first-order chi connectivity index (χ1) is 11.4. The van der Waals surface area contributed by atoms with Crippen LogP contribution in [0.1, 0.15) is 60.3 Å². The molecule has 0 aliphatic carbocycles. The number of carbonyl (C=O) groups is 1. The third-order valence-corrected chi connectivity index (χ3v) is 3.90. The Labute approximate surface area is 146 Å². The number of nitrogens with one attached hydrogen (secondary N) is 1. The molecular formula is C20H33NO3. The van der Waals surface area contributed by atoms with E-state index in [0.717, 1.165) is 37.1 Å². The lowest BCUT2D eigenvalue weighted by molar-refractivity contribution is -0.139. The van der Waals surface area contributed by atoms with Gasteiger partial charge in [0, 0.05) is 12.3 Å². The fourth-order valence-corrected chi connectivity index (χ4v) is 2.44. The van der Waals surface area contributed by atoms with Gasteiger partial charge >= 0.3 is 0 Å². The monoisotopic (exact) mass is 335 g/mol. The summed E-state index contributed by atoms with van der Waals surface area (Å²) in [6.07, 6.45) is 3.96. The van der Waals surface area contributed by atoms with Crippen molar-refractivity contribution < 1.29 is 14.3 Å². The highest BCUT2D eigenvalue weighted by atomic mass is 16.5. The van der Waals surface area contributed by atoms with E-state index in [1.54, 1.807) is 0 Å². The Balaban J connectivity index is 2.65. The zero-order valence-corrected chi connectivity index (χ0v) is 15.9. The van der Waals surface area contributed by atoms with E-state index >= 15 is 0 Å². The number of anilines is 1. The SMILES string of the molecule is CCCCC[C@](C)(OCC)C(=O)Nc1ccc(OCC(C)C)cc1. The van der Waals surface area contributed by atoms with Crippen molar-refractivity contribution in [1.29, 1.82) is 0 Å². The average molecular weight is 335 g/mol. The highest BCUT2D eigenvalue weighted by molar-refractivity contribution is 5.97. The molecule has 0 spiro atoms. The van der Waals surface area contributed by atoms with E-state index in [2.05, 4.69) is 26.1 Å². The topological polar surface area (TPSA) is 47.6 Å². The van der Waals surface area contributed by atoms with Gasteiger partial charge in [-0.2, -0.15) is 0 Å². The van der Waals surface area contributed by atoms with Crippen LogP contribution in [0, 0.1) is 5.92 Å². The highest BCUT2D eigenvalue weighted by Gasteiger charge is 2.33. The van der Waals surface area contributed by atoms with Gasteiger partial charge in [0.15, 0.2) is 0 Å². The third-order valence-electron chi connectivity index (χ3n) is 3.90. The van der Waals surface area contributed by atoms with Crippen LogP contribution in [0.25, 0.3) is 0 Å². The molecule has 0 fully saturated rings. The minimum Gasteiger partial charge on any atom is -0.493 e. The molecule has 0 saturated heterocycles. The molecule has 0 unspecified atom stereocenters. The summed E-state index contributed by atoms with van der Waals surface area (Å²) in [7, 11) is 0. The second-order valence-corrected chi connectivity index (χ2v) is 6.80. The molecule has 0 aliphatic heterocycles. The summed E-state index contributed by atoms with van der Waals surface area (Å²) in [5, 5.41) is 2.97. The van der Waals surface area contributed by atoms with E-state index in [1.165, 1.54) is 0 Å². The van der Waals surface area contributed by atoms with Gasteiger partial charge in [0.2, 0.25) is 0 Å². The molecule has 1 atom stereocenters. The van der Waals surface area contributed by atoms with E-state index in [4.69, 9.17) is 9.47 Å². The van der Waals surface area contributed by atoms with Gasteiger partial charge < -0.3 is 14.8 Å². The summed E-state index contributed by atoms with van der Waals surface area (Å²) in [6.45, 7) is 11.4. The predicted molar refractivity (Wildman–Crippen MR) is 99.6 cm³/mol. The normalized spacial score (nSPS) is 13.6. The Bertz CT molecular complexity index is 484. The first-order valence-electron chi connectivity index (χ1n) is 9.09. The first kappa shape index (κ1) is 20.5. The van der Waals surface area contributed by atoms with Crippen LogP contribution in [-0.4, -0.2) is 24.7 Å². The van der Waals surface area contributed by atoms with Gasteiger partial charge in [-0.15, -0.1) is 0 Å². The molecule has 0 heterocycles. The molecule has 1 aromatic rings. The van der Waals surface area contributed by atoms with Crippen LogP contribution in [0.2, 0.25) is 0 Å². The minimum atomic E-state index is -0.781. The molecule has 4 heteroatoms. The number of hydrogen-bond donors (Lipinski definition) is 1. The van der Waals surface area contributed by atoms with Crippen LogP contribution in [0.5, 0.6) is 5.75 Å². The van der Waals surface area contributed by atoms with Crippen LogP contribution in [0.3, 0.4) is 0 Å². The van der Waals surface area contributed by atoms with Gasteiger partial charge in [0.1, 0.15) is 11.4 Å². The Morgan fingerprint density at radius 1 is 1.17 bits per heavy atom. The van der Waals surface area contributed by atoms with Gasteiger partial charge in [-0.3, -0.25) is 4.79 Å². The molecule has 0 bridgehead atoms. The highest BCUT2D eigenvalue weighted by Crippen LogP contribution is 2.23. The van der Waals surface area contributed by atoms with Crippen molar-refractivity contribution in [3.8, 4) is 5.75 Å². The van der Waals surface area contributed by atoms with Gasteiger partial charge in [0.25, 0.3) is 5.91 Å². The third kappa shape index (κ3) is 6.91. The number of unbranched alkanes of at least 4 members (excludes halogenated alkanes) is 2. The van der Waals surface area contributed by atoms with Crippen LogP contribution in [0.15, 0.2) is 24.3 Å². The number of hydrogen-bond acceptors (Lipinski definition) is 3. The quantitative estimate of drug-likeness (QED) is 0.577. The Kier molecular flexibility index (Phi) is 8.83. The number of carbonyl (C=O) groups excluding carboxylic acids is 1. The summed E-state index contributed by atoms with van der Waals surface area (Å²) >= 11 is 0. The minimum absolute atomic E-state index is 0.0868. The van der Waals surface area contributed by atoms with Crippen molar-refractivity contribution in [3.63, 3.8) is 0 Å². The largest absolute Gasteiger partial charge is 0.493 e. The summed E-state index contributed by atoms with van der Waals surface area (Å²) in [5.74, 6) is 1.22. The summed E-state index contributed by atoms with van der Waals surface area (Å²) in [5.41, 5.74) is -0.0187. The molecule has 1 aromatic carbocycles. The van der Waals surface area contributed by atoms with Gasteiger partial charge in [-0.25, -0.2) is 0 Å². The molecular weight excluding hydrogens is 302 g/mol. The van der Waals surface area contributed by atoms with Crippen LogP contribution in [0.4, 0.5) is 5.69 Å². The van der Waals surface area contributed by atoms with Crippen LogP contribution >= 0.6 is 0 Å². The summed E-state index contributed by atoms with van der Waals surface area (Å²) in [6, 6.07) is 7.50. The molecule has 0 aromatic heterocycles. The number of rotatable bonds is 11. The van der Waals surface area contributed by atoms with E-state index in [1.807, 2.05) is 38.1 Å². The van der Waals surface area contributed by atoms with E-state index in [9.17, 15) is 4.79 Å². The lowest BCUT2D eigenvalue weighted by Crippen LogP contribution is -2.42. The molecule has 4 nitrogen and oxygen atoms in total. The maximum Gasteiger partial charge on any atom is 0.256 e. The smallest absolute Gasteiger partial charge is 0.256 e. The molecule has 0 radical (unpaired) electrons. The van der Waals surface area contributed by atoms with Gasteiger partial charge in [-0.05, 0) is 50.5 Å². The Morgan fingerprint density at radius 2 is 1.83 bits per heavy atom. The zero-order valence-electron chi connectivity index (χ0n) is 15.9. The average Bonchev–Trinajstić information content (AvgIpc) is 2.54. The zero-order chi connectivity index (χ0) is 18.0. The fourth-order valence-electron chi connectivity index (χ4n) is 2.44. The van der Waals surface area contributed by atoms with E-state index in [0.29, 0.717) is 19.1 Å². The number of ether oxygens (including phenoxy) is 2. The van der Waals surface area contributed by atoms with Crippen molar-refractivity contribution in [2.75, 3.05) is 18.5 Å². The van der Waals surface area contributed by atoms with Crippen molar-refractivity contribution in [2.45, 2.75) is 65.9 Å². The molecule has 1 N–H and O–H groups in total. The summed E-state index contributed by atoms with van der Waals surface area (Å²) in [4.78, 5) is 12.7. The van der Waals surface area contributed by atoms with Crippen molar-refractivity contribution in [1.82, 2.24) is 0 Å². The second kappa shape index (κ2) is 10.3. The molecule has 1 rings (SSSR count). The molecule has 24 heavy (non-hydrogen) atoms. The van der Waals surface area contributed by atoms with Gasteiger partial charge in [-0.1, -0.05) is 40.0 Å².